The number of ketones is 1. The number of aliphatic hydroxyl groups excluding tert-OH is 2. The van der Waals surface area contributed by atoms with Crippen molar-refractivity contribution >= 4 is 23.7 Å². The van der Waals surface area contributed by atoms with Crippen LogP contribution in [0.1, 0.15) is 219 Å². The van der Waals surface area contributed by atoms with Crippen LogP contribution in [-0.2, 0) is 28.7 Å². The molecular weight excluding hydrogens is 620 g/mol. The first-order valence-electron chi connectivity index (χ1n) is 20.6. The number of ether oxygens (including phenoxy) is 2. The second kappa shape index (κ2) is 36.0. The fraction of sp³-hybridized carbons (Fsp3) is 0.902. The molecule has 288 valence electrons. The van der Waals surface area contributed by atoms with Gasteiger partial charge in [0.15, 0.2) is 11.9 Å². The number of Topliss-reactive ketones (excluding diaryl/α,β-unsaturated/α-hetero) is 1. The lowest BCUT2D eigenvalue weighted by molar-refractivity contribution is -0.166. The molecule has 2 atom stereocenters. The van der Waals surface area contributed by atoms with Gasteiger partial charge in [-0.15, -0.1) is 0 Å². The molecule has 8 heteroatoms. The van der Waals surface area contributed by atoms with Crippen molar-refractivity contribution in [3.63, 3.8) is 0 Å². The fourth-order valence-electron chi connectivity index (χ4n) is 6.19. The Labute approximate surface area is 300 Å². The van der Waals surface area contributed by atoms with Gasteiger partial charge >= 0.3 is 17.9 Å². The molecular formula is C41H76O8. The highest BCUT2D eigenvalue weighted by atomic mass is 16.6. The quantitative estimate of drug-likeness (QED) is 0.0373. The summed E-state index contributed by atoms with van der Waals surface area (Å²) in [5.41, 5.74) is 0. The van der Waals surface area contributed by atoms with E-state index < -0.39 is 42.5 Å². The van der Waals surface area contributed by atoms with E-state index in [1.54, 1.807) is 0 Å². The van der Waals surface area contributed by atoms with Gasteiger partial charge in [-0.3, -0.25) is 19.2 Å². The number of rotatable bonds is 37. The summed E-state index contributed by atoms with van der Waals surface area (Å²) in [6.07, 6.45) is 30.3. The van der Waals surface area contributed by atoms with Crippen molar-refractivity contribution in [3.8, 4) is 0 Å². The Morgan fingerprint density at radius 1 is 0.429 bits per heavy atom. The van der Waals surface area contributed by atoms with E-state index in [1.807, 2.05) is 0 Å². The Morgan fingerprint density at radius 2 is 0.735 bits per heavy atom. The molecule has 2 unspecified atom stereocenters. The van der Waals surface area contributed by atoms with Gasteiger partial charge in [0.2, 0.25) is 0 Å². The largest absolute Gasteiger partial charge is 0.451 e. The molecule has 0 aromatic rings. The number of unbranched alkanes of at least 4 members (excludes halogenated alkanes) is 26. The standard InChI is InChI=1S/C41H76O8/c1-3-5-7-9-11-13-15-17-18-20-21-23-25-27-29-31-36(43)41(37(44)35-42)49-40(47)34-33-39(46)48-38(45)32-30-28-26-24-22-19-16-14-12-10-8-6-4-2/h37,41-42,44H,3-35H2,1-2H3. The topological polar surface area (TPSA) is 127 Å². The Bertz CT molecular complexity index is 798. The van der Waals surface area contributed by atoms with Crippen LogP contribution in [0.2, 0.25) is 0 Å². The average Bonchev–Trinajstić information content (AvgIpc) is 3.09. The number of hydrogen-bond acceptors (Lipinski definition) is 8. The van der Waals surface area contributed by atoms with Gasteiger partial charge < -0.3 is 19.7 Å². The first-order valence-corrected chi connectivity index (χ1v) is 20.6. The van der Waals surface area contributed by atoms with E-state index in [0.717, 1.165) is 38.5 Å². The molecule has 0 spiro atoms. The van der Waals surface area contributed by atoms with Gasteiger partial charge in [-0.1, -0.05) is 181 Å². The maximum atomic E-state index is 12.7. The Kier molecular flexibility index (Phi) is 34.7. The van der Waals surface area contributed by atoms with Gasteiger partial charge in [0.05, 0.1) is 19.4 Å². The van der Waals surface area contributed by atoms with E-state index in [9.17, 15) is 29.4 Å². The first kappa shape index (κ1) is 47.2. The molecule has 0 heterocycles. The van der Waals surface area contributed by atoms with Crippen molar-refractivity contribution in [3.05, 3.63) is 0 Å². The van der Waals surface area contributed by atoms with Crippen LogP contribution in [0.3, 0.4) is 0 Å². The Hall–Kier alpha value is -1.80. The summed E-state index contributed by atoms with van der Waals surface area (Å²) in [6.45, 7) is 3.76. The van der Waals surface area contributed by atoms with Crippen molar-refractivity contribution < 1.29 is 38.9 Å². The highest BCUT2D eigenvalue weighted by molar-refractivity contribution is 5.89. The molecule has 0 amide bonds. The molecule has 0 bridgehead atoms. The molecule has 0 aliphatic carbocycles. The molecule has 0 radical (unpaired) electrons. The summed E-state index contributed by atoms with van der Waals surface area (Å²) < 4.78 is 9.98. The Morgan fingerprint density at radius 3 is 1.10 bits per heavy atom. The summed E-state index contributed by atoms with van der Waals surface area (Å²) >= 11 is 0. The number of aliphatic hydroxyl groups is 2. The van der Waals surface area contributed by atoms with Crippen molar-refractivity contribution in [2.45, 2.75) is 232 Å². The molecule has 0 aliphatic rings. The molecule has 0 rings (SSSR count). The van der Waals surface area contributed by atoms with Crippen molar-refractivity contribution in [2.75, 3.05) is 6.61 Å². The van der Waals surface area contributed by atoms with E-state index in [-0.39, 0.29) is 25.7 Å². The monoisotopic (exact) mass is 697 g/mol. The van der Waals surface area contributed by atoms with Crippen LogP contribution in [-0.4, -0.2) is 52.7 Å². The minimum absolute atomic E-state index is 0.142. The molecule has 0 aromatic heterocycles. The van der Waals surface area contributed by atoms with E-state index in [2.05, 4.69) is 13.8 Å². The summed E-state index contributed by atoms with van der Waals surface area (Å²) in [6, 6.07) is 0. The third-order valence-corrected chi connectivity index (χ3v) is 9.38. The summed E-state index contributed by atoms with van der Waals surface area (Å²) in [4.78, 5) is 49.1. The molecule has 49 heavy (non-hydrogen) atoms. The molecule has 0 aromatic carbocycles. The lowest BCUT2D eigenvalue weighted by Crippen LogP contribution is -2.40. The highest BCUT2D eigenvalue weighted by Gasteiger charge is 2.30. The van der Waals surface area contributed by atoms with E-state index in [0.29, 0.717) is 12.8 Å². The third kappa shape index (κ3) is 31.9. The second-order valence-corrected chi connectivity index (χ2v) is 14.2. The first-order chi connectivity index (χ1) is 23.8. The molecule has 0 fully saturated rings. The summed E-state index contributed by atoms with van der Waals surface area (Å²) in [5.74, 6) is -2.72. The molecule has 8 nitrogen and oxygen atoms in total. The minimum Gasteiger partial charge on any atom is -0.451 e. The van der Waals surface area contributed by atoms with Crippen LogP contribution < -0.4 is 0 Å². The van der Waals surface area contributed by atoms with Crippen LogP contribution in [0.5, 0.6) is 0 Å². The smallest absolute Gasteiger partial charge is 0.314 e. The van der Waals surface area contributed by atoms with Crippen LogP contribution in [0.4, 0.5) is 0 Å². The number of carbonyl (C=O) groups is 4. The minimum atomic E-state index is -1.53. The van der Waals surface area contributed by atoms with Crippen molar-refractivity contribution in [2.24, 2.45) is 0 Å². The van der Waals surface area contributed by atoms with Gasteiger partial charge in [-0.25, -0.2) is 0 Å². The van der Waals surface area contributed by atoms with Gasteiger partial charge in [0.25, 0.3) is 0 Å². The number of hydrogen-bond donors (Lipinski definition) is 2. The highest BCUT2D eigenvalue weighted by Crippen LogP contribution is 2.16. The fourth-order valence-corrected chi connectivity index (χ4v) is 6.19. The number of carbonyl (C=O) groups excluding carboxylic acids is 4. The van der Waals surface area contributed by atoms with E-state index in [4.69, 9.17) is 9.47 Å². The Balaban J connectivity index is 3.94. The second-order valence-electron chi connectivity index (χ2n) is 14.2. The predicted octanol–water partition coefficient (Wildman–Crippen LogP) is 10.4. The summed E-state index contributed by atoms with van der Waals surface area (Å²) in [5, 5.41) is 19.5. The number of esters is 3. The van der Waals surface area contributed by atoms with Crippen LogP contribution in [0.25, 0.3) is 0 Å². The lowest BCUT2D eigenvalue weighted by Gasteiger charge is -2.20. The molecule has 0 saturated carbocycles. The van der Waals surface area contributed by atoms with Crippen LogP contribution >= 0.6 is 0 Å². The van der Waals surface area contributed by atoms with Gasteiger partial charge in [-0.05, 0) is 12.8 Å². The van der Waals surface area contributed by atoms with E-state index in [1.165, 1.54) is 128 Å². The van der Waals surface area contributed by atoms with Crippen molar-refractivity contribution in [1.29, 1.82) is 0 Å². The van der Waals surface area contributed by atoms with Gasteiger partial charge in [-0.2, -0.15) is 0 Å². The van der Waals surface area contributed by atoms with Crippen LogP contribution in [0.15, 0.2) is 0 Å². The maximum Gasteiger partial charge on any atom is 0.314 e. The zero-order valence-electron chi connectivity index (χ0n) is 31.8. The zero-order chi connectivity index (χ0) is 36.2. The maximum absolute atomic E-state index is 12.7. The van der Waals surface area contributed by atoms with E-state index >= 15 is 0 Å². The molecule has 0 saturated heterocycles. The van der Waals surface area contributed by atoms with Gasteiger partial charge in [0, 0.05) is 12.8 Å². The zero-order valence-corrected chi connectivity index (χ0v) is 31.8. The molecule has 0 aliphatic heterocycles. The van der Waals surface area contributed by atoms with Crippen LogP contribution in [0, 0.1) is 0 Å². The normalized spacial score (nSPS) is 12.5. The average molecular weight is 697 g/mol. The third-order valence-electron chi connectivity index (χ3n) is 9.38. The lowest BCUT2D eigenvalue weighted by atomic mass is 10.0. The summed E-state index contributed by atoms with van der Waals surface area (Å²) in [7, 11) is 0. The predicted molar refractivity (Wildman–Crippen MR) is 198 cm³/mol. The van der Waals surface area contributed by atoms with Gasteiger partial charge in [0.1, 0.15) is 6.10 Å². The van der Waals surface area contributed by atoms with Crippen molar-refractivity contribution in [1.82, 2.24) is 0 Å². The SMILES string of the molecule is CCCCCCCCCCCCCCCCCC(=O)C(OC(=O)CCC(=O)OC(=O)CCCCCCCCCCCCCCC)C(O)CO. The molecule has 2 N–H and O–H groups in total.